The molecule has 2 heteroatoms. The van der Waals surface area contributed by atoms with Gasteiger partial charge in [-0.05, 0) is 13.3 Å². The van der Waals surface area contributed by atoms with E-state index in [1.165, 1.54) is 0 Å². The monoisotopic (exact) mass is 114 g/mol. The predicted octanol–water partition coefficient (Wildman–Crippen LogP) is 1.13. The first-order valence-electron chi connectivity index (χ1n) is 2.58. The van der Waals surface area contributed by atoms with Crippen LogP contribution in [0, 0.1) is 0 Å². The standard InChI is InChI=1S/C6H10O2/c1-2-3-4-5-8-6-7/h2-3,6H,4-5H2,1H3/b3-2+. The Hall–Kier alpha value is -0.790. The third-order valence-corrected chi connectivity index (χ3v) is 0.706. The first-order chi connectivity index (χ1) is 3.91. The minimum Gasteiger partial charge on any atom is -0.468 e. The molecule has 0 rings (SSSR count). The second kappa shape index (κ2) is 6.21. The lowest BCUT2D eigenvalue weighted by molar-refractivity contribution is -0.128. The number of rotatable bonds is 4. The minimum absolute atomic E-state index is 0.462. The molecule has 0 aromatic carbocycles. The molecule has 8 heavy (non-hydrogen) atoms. The molecule has 0 fully saturated rings. The van der Waals surface area contributed by atoms with E-state index < -0.39 is 0 Å². The normalized spacial score (nSPS) is 9.62. The summed E-state index contributed by atoms with van der Waals surface area (Å²) in [5.74, 6) is 0. The lowest BCUT2D eigenvalue weighted by Crippen LogP contribution is -1.87. The SMILES string of the molecule is C/C=C/CCOC=O. The maximum atomic E-state index is 9.52. The van der Waals surface area contributed by atoms with Gasteiger partial charge in [0.1, 0.15) is 0 Å². The van der Waals surface area contributed by atoms with E-state index >= 15 is 0 Å². The number of carbonyl (C=O) groups is 1. The Balaban J connectivity index is 2.82. The highest BCUT2D eigenvalue weighted by atomic mass is 16.5. The van der Waals surface area contributed by atoms with E-state index in [0.717, 1.165) is 6.42 Å². The molecule has 0 saturated heterocycles. The molecule has 0 aromatic heterocycles. The maximum absolute atomic E-state index is 9.52. The molecule has 0 aliphatic rings. The number of carbonyl (C=O) groups excluding carboxylic acids is 1. The molecule has 0 N–H and O–H groups in total. The van der Waals surface area contributed by atoms with Gasteiger partial charge < -0.3 is 4.74 Å². The average molecular weight is 114 g/mol. The van der Waals surface area contributed by atoms with Crippen LogP contribution in [0.5, 0.6) is 0 Å². The summed E-state index contributed by atoms with van der Waals surface area (Å²) < 4.78 is 4.40. The molecule has 0 unspecified atom stereocenters. The van der Waals surface area contributed by atoms with Crippen LogP contribution in [0.25, 0.3) is 0 Å². The van der Waals surface area contributed by atoms with Crippen molar-refractivity contribution in [1.82, 2.24) is 0 Å². The molecule has 0 atom stereocenters. The summed E-state index contributed by atoms with van der Waals surface area (Å²) in [5.41, 5.74) is 0. The van der Waals surface area contributed by atoms with Crippen LogP contribution in [0.1, 0.15) is 13.3 Å². The van der Waals surface area contributed by atoms with E-state index in [9.17, 15) is 4.79 Å². The van der Waals surface area contributed by atoms with Crippen molar-refractivity contribution in [3.05, 3.63) is 12.2 Å². The number of allylic oxidation sites excluding steroid dienone is 1. The van der Waals surface area contributed by atoms with Crippen LogP contribution in [0.3, 0.4) is 0 Å². The first kappa shape index (κ1) is 7.21. The fraction of sp³-hybridized carbons (Fsp3) is 0.500. The molecule has 0 amide bonds. The van der Waals surface area contributed by atoms with E-state index in [2.05, 4.69) is 4.74 Å². The summed E-state index contributed by atoms with van der Waals surface area (Å²) in [6.45, 7) is 2.89. The number of ether oxygens (including phenoxy) is 1. The van der Waals surface area contributed by atoms with Gasteiger partial charge in [0, 0.05) is 0 Å². The van der Waals surface area contributed by atoms with Gasteiger partial charge in [0.05, 0.1) is 6.61 Å². The van der Waals surface area contributed by atoms with Crippen LogP contribution in [0.15, 0.2) is 12.2 Å². The highest BCUT2D eigenvalue weighted by molar-refractivity contribution is 5.36. The van der Waals surface area contributed by atoms with Crippen molar-refractivity contribution in [3.63, 3.8) is 0 Å². The van der Waals surface area contributed by atoms with Gasteiger partial charge in [0.2, 0.25) is 0 Å². The maximum Gasteiger partial charge on any atom is 0.293 e. The van der Waals surface area contributed by atoms with Crippen molar-refractivity contribution in [2.24, 2.45) is 0 Å². The molecule has 0 spiro atoms. The smallest absolute Gasteiger partial charge is 0.293 e. The highest BCUT2D eigenvalue weighted by Gasteiger charge is 1.76. The molecule has 46 valence electrons. The molecule has 0 aliphatic heterocycles. The summed E-state index contributed by atoms with van der Waals surface area (Å²) in [5, 5.41) is 0. The first-order valence-corrected chi connectivity index (χ1v) is 2.58. The van der Waals surface area contributed by atoms with Crippen molar-refractivity contribution >= 4 is 6.47 Å². The third-order valence-electron chi connectivity index (χ3n) is 0.706. The zero-order valence-corrected chi connectivity index (χ0v) is 4.96. The lowest BCUT2D eigenvalue weighted by atomic mass is 10.4. The molecular weight excluding hydrogens is 104 g/mol. The fourth-order valence-corrected chi connectivity index (χ4v) is 0.351. The van der Waals surface area contributed by atoms with Gasteiger partial charge in [-0.15, -0.1) is 0 Å². The average Bonchev–Trinajstić information content (AvgIpc) is 1.81. The number of hydrogen-bond acceptors (Lipinski definition) is 2. The van der Waals surface area contributed by atoms with E-state index in [4.69, 9.17) is 0 Å². The highest BCUT2D eigenvalue weighted by Crippen LogP contribution is 1.81. The Kier molecular flexibility index (Phi) is 5.60. The van der Waals surface area contributed by atoms with Gasteiger partial charge in [-0.2, -0.15) is 0 Å². The Bertz CT molecular complexity index is 76.6. The Morgan fingerprint density at radius 2 is 2.38 bits per heavy atom. The van der Waals surface area contributed by atoms with Crippen LogP contribution in [0.2, 0.25) is 0 Å². The number of hydrogen-bond donors (Lipinski definition) is 0. The second-order valence-corrected chi connectivity index (χ2v) is 1.32. The Morgan fingerprint density at radius 3 is 2.88 bits per heavy atom. The topological polar surface area (TPSA) is 26.3 Å². The predicted molar refractivity (Wildman–Crippen MR) is 31.4 cm³/mol. The largest absolute Gasteiger partial charge is 0.468 e. The molecule has 2 nitrogen and oxygen atoms in total. The molecule has 0 heterocycles. The third kappa shape index (κ3) is 5.21. The van der Waals surface area contributed by atoms with Gasteiger partial charge in [-0.1, -0.05) is 12.2 Å². The van der Waals surface area contributed by atoms with Crippen molar-refractivity contribution < 1.29 is 9.53 Å². The van der Waals surface area contributed by atoms with Crippen molar-refractivity contribution in [2.75, 3.05) is 6.61 Å². The van der Waals surface area contributed by atoms with E-state index in [1.807, 2.05) is 19.1 Å². The lowest BCUT2D eigenvalue weighted by Gasteiger charge is -1.89. The fourth-order valence-electron chi connectivity index (χ4n) is 0.351. The van der Waals surface area contributed by atoms with Gasteiger partial charge in [0.25, 0.3) is 6.47 Å². The van der Waals surface area contributed by atoms with Crippen molar-refractivity contribution in [3.8, 4) is 0 Å². The molecule has 0 bridgehead atoms. The molecule has 0 aliphatic carbocycles. The molecule has 0 radical (unpaired) electrons. The Labute approximate surface area is 49.1 Å². The van der Waals surface area contributed by atoms with Gasteiger partial charge in [-0.25, -0.2) is 0 Å². The van der Waals surface area contributed by atoms with Crippen molar-refractivity contribution in [1.29, 1.82) is 0 Å². The van der Waals surface area contributed by atoms with Crippen LogP contribution in [0.4, 0.5) is 0 Å². The van der Waals surface area contributed by atoms with E-state index in [-0.39, 0.29) is 0 Å². The summed E-state index contributed by atoms with van der Waals surface area (Å²) in [6, 6.07) is 0. The van der Waals surface area contributed by atoms with Crippen molar-refractivity contribution in [2.45, 2.75) is 13.3 Å². The van der Waals surface area contributed by atoms with Gasteiger partial charge in [0.15, 0.2) is 0 Å². The van der Waals surface area contributed by atoms with Crippen LogP contribution in [-0.4, -0.2) is 13.1 Å². The van der Waals surface area contributed by atoms with Gasteiger partial charge >= 0.3 is 0 Å². The quantitative estimate of drug-likeness (QED) is 0.311. The molecule has 0 saturated carbocycles. The zero-order chi connectivity index (χ0) is 6.24. The van der Waals surface area contributed by atoms with Crippen LogP contribution < -0.4 is 0 Å². The van der Waals surface area contributed by atoms with Crippen LogP contribution >= 0.6 is 0 Å². The molecular formula is C6H10O2. The Morgan fingerprint density at radius 1 is 1.62 bits per heavy atom. The van der Waals surface area contributed by atoms with E-state index in [1.54, 1.807) is 0 Å². The van der Waals surface area contributed by atoms with E-state index in [0.29, 0.717) is 13.1 Å². The summed E-state index contributed by atoms with van der Waals surface area (Å²) in [6.07, 6.45) is 4.69. The second-order valence-electron chi connectivity index (χ2n) is 1.32. The van der Waals surface area contributed by atoms with Crippen LogP contribution in [-0.2, 0) is 9.53 Å². The molecule has 0 aromatic rings. The minimum atomic E-state index is 0.462. The summed E-state index contributed by atoms with van der Waals surface area (Å²) >= 11 is 0. The van der Waals surface area contributed by atoms with Gasteiger partial charge in [-0.3, -0.25) is 4.79 Å². The summed E-state index contributed by atoms with van der Waals surface area (Å²) in [7, 11) is 0. The summed E-state index contributed by atoms with van der Waals surface area (Å²) in [4.78, 5) is 9.52. The zero-order valence-electron chi connectivity index (χ0n) is 4.96.